The van der Waals surface area contributed by atoms with E-state index >= 15 is 0 Å². The molecule has 0 aliphatic heterocycles. The molecule has 0 aliphatic carbocycles. The third kappa shape index (κ3) is 4.25. The number of ether oxygens (including phenoxy) is 2. The summed E-state index contributed by atoms with van der Waals surface area (Å²) in [5, 5.41) is 3.94. The topological polar surface area (TPSA) is 60.7 Å². The van der Waals surface area contributed by atoms with Gasteiger partial charge in [0.15, 0.2) is 17.1 Å². The van der Waals surface area contributed by atoms with Crippen molar-refractivity contribution < 1.29 is 18.7 Å². The van der Waals surface area contributed by atoms with E-state index in [1.165, 1.54) is 0 Å². The lowest BCUT2D eigenvalue weighted by molar-refractivity contribution is 0.0906. The third-order valence-corrected chi connectivity index (χ3v) is 4.48. The average molecular weight is 367 g/mol. The number of methoxy groups -OCH3 is 2. The maximum atomic E-state index is 12.8. The smallest absolute Gasteiger partial charge is 0.287 e. The van der Waals surface area contributed by atoms with Gasteiger partial charge in [0.1, 0.15) is 5.75 Å². The van der Waals surface area contributed by atoms with Crippen LogP contribution in [-0.2, 0) is 0 Å². The van der Waals surface area contributed by atoms with Crippen LogP contribution in [0.3, 0.4) is 0 Å². The standard InChI is InChI=1S/C22H25NO4/c1-14(2)12-18(15-8-10-17(25-3)11-9-15)23-22(24)20-13-16-6-5-7-19(26-4)21(16)27-20/h5-11,13-14,18H,12H2,1-4H3,(H,23,24). The Labute approximate surface area is 159 Å². The van der Waals surface area contributed by atoms with Gasteiger partial charge in [0, 0.05) is 5.39 Å². The molecule has 1 heterocycles. The maximum Gasteiger partial charge on any atom is 0.287 e. The van der Waals surface area contributed by atoms with E-state index in [2.05, 4.69) is 19.2 Å². The molecular weight excluding hydrogens is 342 g/mol. The van der Waals surface area contributed by atoms with Gasteiger partial charge in [-0.1, -0.05) is 38.1 Å². The summed E-state index contributed by atoms with van der Waals surface area (Å²) < 4.78 is 16.3. The van der Waals surface area contributed by atoms with Gasteiger partial charge >= 0.3 is 0 Å². The highest BCUT2D eigenvalue weighted by Gasteiger charge is 2.20. The third-order valence-electron chi connectivity index (χ3n) is 4.48. The van der Waals surface area contributed by atoms with Gasteiger partial charge < -0.3 is 19.2 Å². The van der Waals surface area contributed by atoms with Gasteiger partial charge in [-0.25, -0.2) is 0 Å². The second-order valence-electron chi connectivity index (χ2n) is 6.92. The molecule has 1 N–H and O–H groups in total. The van der Waals surface area contributed by atoms with Crippen molar-refractivity contribution in [1.29, 1.82) is 0 Å². The number of nitrogens with one attached hydrogen (secondary N) is 1. The molecule has 0 saturated heterocycles. The number of para-hydroxylation sites is 1. The van der Waals surface area contributed by atoms with Crippen LogP contribution in [0.2, 0.25) is 0 Å². The normalized spacial score (nSPS) is 12.2. The predicted octanol–water partition coefficient (Wildman–Crippen LogP) is 4.97. The molecule has 2 aromatic carbocycles. The summed E-state index contributed by atoms with van der Waals surface area (Å²) in [6.07, 6.45) is 0.821. The van der Waals surface area contributed by atoms with Gasteiger partial charge in [0.05, 0.1) is 20.3 Å². The van der Waals surface area contributed by atoms with Crippen molar-refractivity contribution in [3.05, 3.63) is 59.9 Å². The predicted molar refractivity (Wildman–Crippen MR) is 105 cm³/mol. The van der Waals surface area contributed by atoms with Crippen LogP contribution in [0.25, 0.3) is 11.0 Å². The fourth-order valence-electron chi connectivity index (χ4n) is 3.12. The van der Waals surface area contributed by atoms with Crippen molar-refractivity contribution in [3.63, 3.8) is 0 Å². The number of amides is 1. The molecule has 0 radical (unpaired) electrons. The van der Waals surface area contributed by atoms with Crippen molar-refractivity contribution >= 4 is 16.9 Å². The van der Waals surface area contributed by atoms with E-state index in [9.17, 15) is 4.79 Å². The van der Waals surface area contributed by atoms with E-state index < -0.39 is 0 Å². The van der Waals surface area contributed by atoms with Gasteiger partial charge in [-0.3, -0.25) is 4.79 Å². The van der Waals surface area contributed by atoms with Gasteiger partial charge in [-0.05, 0) is 42.2 Å². The zero-order valence-corrected chi connectivity index (χ0v) is 16.1. The van der Waals surface area contributed by atoms with Crippen LogP contribution in [0.5, 0.6) is 11.5 Å². The Morgan fingerprint density at radius 2 is 1.81 bits per heavy atom. The molecule has 142 valence electrons. The number of furan rings is 1. The highest BCUT2D eigenvalue weighted by molar-refractivity contribution is 5.97. The van der Waals surface area contributed by atoms with Crippen LogP contribution < -0.4 is 14.8 Å². The second-order valence-corrected chi connectivity index (χ2v) is 6.92. The van der Waals surface area contributed by atoms with Crippen molar-refractivity contribution in [2.24, 2.45) is 5.92 Å². The summed E-state index contributed by atoms with van der Waals surface area (Å²) in [6.45, 7) is 4.27. The Bertz CT molecular complexity index is 912. The Balaban J connectivity index is 1.85. The van der Waals surface area contributed by atoms with Crippen LogP contribution >= 0.6 is 0 Å². The Morgan fingerprint density at radius 1 is 1.07 bits per heavy atom. The summed E-state index contributed by atoms with van der Waals surface area (Å²) in [6, 6.07) is 15.0. The molecule has 0 bridgehead atoms. The van der Waals surface area contributed by atoms with Crippen molar-refractivity contribution in [2.75, 3.05) is 14.2 Å². The molecule has 5 heteroatoms. The van der Waals surface area contributed by atoms with E-state index in [1.807, 2.05) is 42.5 Å². The van der Waals surface area contributed by atoms with E-state index in [4.69, 9.17) is 13.9 Å². The number of carbonyl (C=O) groups excluding carboxylic acids is 1. The first kappa shape index (κ1) is 18.8. The Morgan fingerprint density at radius 3 is 2.44 bits per heavy atom. The minimum Gasteiger partial charge on any atom is -0.497 e. The summed E-state index contributed by atoms with van der Waals surface area (Å²) in [4.78, 5) is 12.8. The summed E-state index contributed by atoms with van der Waals surface area (Å²) >= 11 is 0. The monoisotopic (exact) mass is 367 g/mol. The van der Waals surface area contributed by atoms with Crippen molar-refractivity contribution in [2.45, 2.75) is 26.3 Å². The minimum absolute atomic E-state index is 0.112. The number of rotatable bonds is 7. The molecule has 0 aliphatic rings. The molecule has 1 aromatic heterocycles. The zero-order valence-electron chi connectivity index (χ0n) is 16.1. The molecule has 1 atom stereocenters. The fourth-order valence-corrected chi connectivity index (χ4v) is 3.12. The molecular formula is C22H25NO4. The highest BCUT2D eigenvalue weighted by Crippen LogP contribution is 2.29. The first-order valence-corrected chi connectivity index (χ1v) is 9.03. The van der Waals surface area contributed by atoms with Gasteiger partial charge in [0.2, 0.25) is 0 Å². The molecule has 27 heavy (non-hydrogen) atoms. The average Bonchev–Trinajstić information content (AvgIpc) is 3.11. The van der Waals surface area contributed by atoms with Crippen molar-refractivity contribution in [1.82, 2.24) is 5.32 Å². The van der Waals surface area contributed by atoms with Crippen molar-refractivity contribution in [3.8, 4) is 11.5 Å². The molecule has 0 fully saturated rings. The zero-order chi connectivity index (χ0) is 19.4. The number of fused-ring (bicyclic) bond motifs is 1. The lowest BCUT2D eigenvalue weighted by atomic mass is 9.96. The van der Waals surface area contributed by atoms with Crippen LogP contribution in [0.4, 0.5) is 0 Å². The first-order valence-electron chi connectivity index (χ1n) is 9.03. The van der Waals surface area contributed by atoms with Crippen LogP contribution in [0.15, 0.2) is 52.9 Å². The second kappa shape index (κ2) is 8.16. The van der Waals surface area contributed by atoms with Crippen LogP contribution in [0, 0.1) is 5.92 Å². The lowest BCUT2D eigenvalue weighted by Crippen LogP contribution is -2.29. The largest absolute Gasteiger partial charge is 0.497 e. The maximum absolute atomic E-state index is 12.8. The van der Waals surface area contributed by atoms with Crippen LogP contribution in [0.1, 0.15) is 42.4 Å². The highest BCUT2D eigenvalue weighted by atomic mass is 16.5. The molecule has 3 aromatic rings. The molecule has 1 amide bonds. The Kier molecular flexibility index (Phi) is 5.69. The Hall–Kier alpha value is -2.95. The number of hydrogen-bond donors (Lipinski definition) is 1. The quantitative estimate of drug-likeness (QED) is 0.641. The summed E-state index contributed by atoms with van der Waals surface area (Å²) in [7, 11) is 3.22. The first-order chi connectivity index (χ1) is 13.0. The number of benzene rings is 2. The molecule has 3 rings (SSSR count). The fraction of sp³-hybridized carbons (Fsp3) is 0.318. The van der Waals surface area contributed by atoms with E-state index in [-0.39, 0.29) is 17.7 Å². The van der Waals surface area contributed by atoms with E-state index in [0.29, 0.717) is 17.3 Å². The van der Waals surface area contributed by atoms with Gasteiger partial charge in [-0.15, -0.1) is 0 Å². The summed E-state index contributed by atoms with van der Waals surface area (Å²) in [5.74, 6) is 1.86. The summed E-state index contributed by atoms with van der Waals surface area (Å²) in [5.41, 5.74) is 1.61. The van der Waals surface area contributed by atoms with E-state index in [1.54, 1.807) is 20.3 Å². The van der Waals surface area contributed by atoms with Gasteiger partial charge in [0.25, 0.3) is 5.91 Å². The van der Waals surface area contributed by atoms with Gasteiger partial charge in [-0.2, -0.15) is 0 Å². The van der Waals surface area contributed by atoms with E-state index in [0.717, 1.165) is 23.1 Å². The lowest BCUT2D eigenvalue weighted by Gasteiger charge is -2.21. The molecule has 1 unspecified atom stereocenters. The SMILES string of the molecule is COc1ccc(C(CC(C)C)NC(=O)c2cc3cccc(OC)c3o2)cc1. The number of carbonyl (C=O) groups is 1. The van der Waals surface area contributed by atoms with Crippen LogP contribution in [-0.4, -0.2) is 20.1 Å². The minimum atomic E-state index is -0.241. The number of hydrogen-bond acceptors (Lipinski definition) is 4. The molecule has 0 saturated carbocycles. The molecule has 5 nitrogen and oxygen atoms in total. The molecule has 0 spiro atoms.